The van der Waals surface area contributed by atoms with Crippen molar-refractivity contribution in [3.63, 3.8) is 0 Å². The van der Waals surface area contributed by atoms with Gasteiger partial charge in [0.15, 0.2) is 0 Å². The zero-order valence-electron chi connectivity index (χ0n) is 20.1. The first-order valence-electron chi connectivity index (χ1n) is 11.9. The maximum atomic E-state index is 15.1. The molecule has 0 aliphatic heterocycles. The van der Waals surface area contributed by atoms with E-state index in [4.69, 9.17) is 0 Å². The van der Waals surface area contributed by atoms with Gasteiger partial charge < -0.3 is 10.4 Å². The second-order valence-electron chi connectivity index (χ2n) is 8.70. The van der Waals surface area contributed by atoms with Gasteiger partial charge in [0.1, 0.15) is 11.6 Å². The van der Waals surface area contributed by atoms with Gasteiger partial charge in [0.05, 0.1) is 34.2 Å². The fourth-order valence-electron chi connectivity index (χ4n) is 4.28. The number of carbonyl (C=O) groups is 1. The number of hydrogen-bond acceptors (Lipinski definition) is 4. The van der Waals surface area contributed by atoms with Crippen LogP contribution in [0.25, 0.3) is 22.5 Å². The summed E-state index contributed by atoms with van der Waals surface area (Å²) in [6.45, 7) is 3.71. The molecule has 0 spiro atoms. The molecule has 186 valence electrons. The number of nitrogens with one attached hydrogen (secondary N) is 2. The molecule has 0 saturated heterocycles. The summed E-state index contributed by atoms with van der Waals surface area (Å²) in [5.41, 5.74) is 1.13. The van der Waals surface area contributed by atoms with E-state index < -0.39 is 23.4 Å². The van der Waals surface area contributed by atoms with Crippen LogP contribution in [-0.2, 0) is 6.42 Å². The second-order valence-corrected chi connectivity index (χ2v) is 8.70. The first-order valence-corrected chi connectivity index (χ1v) is 11.9. The predicted molar refractivity (Wildman–Crippen MR) is 134 cm³/mol. The Bertz CT molecular complexity index is 1320. The minimum atomic E-state index is -1.18. The van der Waals surface area contributed by atoms with E-state index in [1.165, 1.54) is 30.3 Å². The number of halogens is 2. The standard InChI is InChI=1S/C28H28F2N4O2/c1-3-28(36,4-2)25(16-20-8-5-6-15-31-20)32-27(35)21-9-7-10-22(30)26(21)24-17-23(33-34-24)18-11-13-19(29)14-12-18/h5-15,17,25,36H,3-4,16H2,1-2H3,(H,32,35)(H,33,34)/t25-/m1/s1. The topological polar surface area (TPSA) is 90.9 Å². The van der Waals surface area contributed by atoms with Gasteiger partial charge in [0.25, 0.3) is 5.91 Å². The summed E-state index contributed by atoms with van der Waals surface area (Å²) in [6, 6.07) is 16.5. The number of hydrogen-bond donors (Lipinski definition) is 3. The van der Waals surface area contributed by atoms with Crippen molar-refractivity contribution in [1.29, 1.82) is 0 Å². The van der Waals surface area contributed by atoms with Gasteiger partial charge in [0, 0.05) is 18.3 Å². The van der Waals surface area contributed by atoms with Crippen molar-refractivity contribution < 1.29 is 18.7 Å². The van der Waals surface area contributed by atoms with E-state index in [0.717, 1.165) is 5.69 Å². The fourth-order valence-corrected chi connectivity index (χ4v) is 4.28. The number of rotatable bonds is 9. The minimum Gasteiger partial charge on any atom is -0.388 e. The Hall–Kier alpha value is -3.91. The molecule has 0 bridgehead atoms. The molecule has 4 aromatic rings. The van der Waals surface area contributed by atoms with Crippen LogP contribution in [0.2, 0.25) is 0 Å². The van der Waals surface area contributed by atoms with E-state index in [0.29, 0.717) is 30.5 Å². The molecule has 0 saturated carbocycles. The quantitative estimate of drug-likeness (QED) is 0.297. The molecule has 0 aliphatic rings. The Morgan fingerprint density at radius 1 is 1.06 bits per heavy atom. The molecule has 2 aromatic carbocycles. The summed E-state index contributed by atoms with van der Waals surface area (Å²) in [5, 5.41) is 21.3. The highest BCUT2D eigenvalue weighted by molar-refractivity contribution is 6.01. The van der Waals surface area contributed by atoms with Crippen molar-refractivity contribution >= 4 is 5.91 Å². The Morgan fingerprint density at radius 2 is 1.81 bits per heavy atom. The van der Waals surface area contributed by atoms with Crippen LogP contribution >= 0.6 is 0 Å². The van der Waals surface area contributed by atoms with Crippen molar-refractivity contribution in [1.82, 2.24) is 20.5 Å². The van der Waals surface area contributed by atoms with Gasteiger partial charge in [-0.1, -0.05) is 26.0 Å². The third-order valence-electron chi connectivity index (χ3n) is 6.57. The molecule has 0 radical (unpaired) electrons. The van der Waals surface area contributed by atoms with Crippen molar-refractivity contribution in [2.45, 2.75) is 44.8 Å². The third kappa shape index (κ3) is 5.33. The monoisotopic (exact) mass is 490 g/mol. The molecule has 6 nitrogen and oxygen atoms in total. The van der Waals surface area contributed by atoms with Gasteiger partial charge in [-0.15, -0.1) is 0 Å². The lowest BCUT2D eigenvalue weighted by atomic mass is 9.85. The minimum absolute atomic E-state index is 0.0349. The van der Waals surface area contributed by atoms with E-state index >= 15 is 4.39 Å². The summed E-state index contributed by atoms with van der Waals surface area (Å²) < 4.78 is 28.4. The SMILES string of the molecule is CCC(O)(CC)[C@@H](Cc1ccccn1)NC(=O)c1cccc(F)c1-c1cc(-c2ccc(F)cc2)[nH]n1. The van der Waals surface area contributed by atoms with Crippen LogP contribution in [0.4, 0.5) is 8.78 Å². The Balaban J connectivity index is 1.67. The molecule has 8 heteroatoms. The highest BCUT2D eigenvalue weighted by Gasteiger charge is 2.35. The zero-order chi connectivity index (χ0) is 25.7. The van der Waals surface area contributed by atoms with Gasteiger partial charge in [-0.05, 0) is 73.0 Å². The molecule has 36 heavy (non-hydrogen) atoms. The highest BCUT2D eigenvalue weighted by atomic mass is 19.1. The predicted octanol–water partition coefficient (Wildman–Crippen LogP) is 5.31. The molecule has 3 N–H and O–H groups in total. The zero-order valence-corrected chi connectivity index (χ0v) is 20.1. The van der Waals surface area contributed by atoms with Gasteiger partial charge in [-0.3, -0.25) is 14.9 Å². The average Bonchev–Trinajstić information content (AvgIpc) is 3.38. The summed E-state index contributed by atoms with van der Waals surface area (Å²) in [5.74, 6) is -1.51. The van der Waals surface area contributed by atoms with Crippen LogP contribution in [0.1, 0.15) is 42.7 Å². The lowest BCUT2D eigenvalue weighted by Gasteiger charge is -2.35. The van der Waals surface area contributed by atoms with Crippen LogP contribution in [0, 0.1) is 11.6 Å². The van der Waals surface area contributed by atoms with Gasteiger partial charge in [-0.2, -0.15) is 5.10 Å². The van der Waals surface area contributed by atoms with Gasteiger partial charge >= 0.3 is 0 Å². The summed E-state index contributed by atoms with van der Waals surface area (Å²) in [7, 11) is 0. The molecule has 1 amide bonds. The van der Waals surface area contributed by atoms with E-state index in [1.54, 1.807) is 30.5 Å². The highest BCUT2D eigenvalue weighted by Crippen LogP contribution is 2.30. The summed E-state index contributed by atoms with van der Waals surface area (Å²) in [6.07, 6.45) is 2.80. The van der Waals surface area contributed by atoms with E-state index in [1.807, 2.05) is 26.0 Å². The van der Waals surface area contributed by atoms with Crippen molar-refractivity contribution in [2.24, 2.45) is 0 Å². The number of aliphatic hydroxyl groups is 1. The van der Waals surface area contributed by atoms with Crippen LogP contribution in [0.3, 0.4) is 0 Å². The van der Waals surface area contributed by atoms with Gasteiger partial charge in [-0.25, -0.2) is 8.78 Å². The van der Waals surface area contributed by atoms with Crippen LogP contribution in [-0.4, -0.2) is 37.8 Å². The molecule has 0 fully saturated rings. The maximum absolute atomic E-state index is 15.1. The van der Waals surface area contributed by atoms with Crippen molar-refractivity contribution in [2.75, 3.05) is 0 Å². The Labute approximate surface area is 208 Å². The Morgan fingerprint density at radius 3 is 2.47 bits per heavy atom. The number of H-pyrrole nitrogens is 1. The molecular weight excluding hydrogens is 462 g/mol. The first kappa shape index (κ1) is 25.2. The lowest BCUT2D eigenvalue weighted by Crippen LogP contribution is -2.53. The smallest absolute Gasteiger partial charge is 0.252 e. The third-order valence-corrected chi connectivity index (χ3v) is 6.57. The lowest BCUT2D eigenvalue weighted by molar-refractivity contribution is -0.00517. The molecule has 0 aliphatic carbocycles. The van der Waals surface area contributed by atoms with Crippen LogP contribution < -0.4 is 5.32 Å². The van der Waals surface area contributed by atoms with Gasteiger partial charge in [0.2, 0.25) is 0 Å². The summed E-state index contributed by atoms with van der Waals surface area (Å²) in [4.78, 5) is 17.8. The number of aromatic amines is 1. The van der Waals surface area contributed by atoms with E-state index in [9.17, 15) is 14.3 Å². The molecule has 1 atom stereocenters. The second kappa shape index (κ2) is 10.8. The molecule has 0 unspecified atom stereocenters. The molecule has 4 rings (SSSR count). The number of nitrogens with zero attached hydrogens (tertiary/aromatic N) is 2. The maximum Gasteiger partial charge on any atom is 0.252 e. The van der Waals surface area contributed by atoms with E-state index in [2.05, 4.69) is 20.5 Å². The number of pyridine rings is 1. The van der Waals surface area contributed by atoms with Crippen molar-refractivity contribution in [3.05, 3.63) is 95.8 Å². The molecule has 2 aromatic heterocycles. The van der Waals surface area contributed by atoms with Crippen LogP contribution in [0.5, 0.6) is 0 Å². The first-order chi connectivity index (χ1) is 17.3. The Kier molecular flexibility index (Phi) is 7.55. The summed E-state index contributed by atoms with van der Waals surface area (Å²) >= 11 is 0. The van der Waals surface area contributed by atoms with E-state index in [-0.39, 0.29) is 22.6 Å². The average molecular weight is 491 g/mol. The number of benzene rings is 2. The van der Waals surface area contributed by atoms with Crippen LogP contribution in [0.15, 0.2) is 72.9 Å². The largest absolute Gasteiger partial charge is 0.388 e. The van der Waals surface area contributed by atoms with Crippen molar-refractivity contribution in [3.8, 4) is 22.5 Å². The fraction of sp³-hybridized carbons (Fsp3) is 0.250. The number of amides is 1. The molecule has 2 heterocycles. The number of aromatic nitrogens is 3. The molecular formula is C28H28F2N4O2. The number of carbonyl (C=O) groups excluding carboxylic acids is 1. The normalized spacial score (nSPS) is 12.4.